The van der Waals surface area contributed by atoms with Gasteiger partial charge in [0.1, 0.15) is 6.10 Å². The predicted molar refractivity (Wildman–Crippen MR) is 53.0 cm³/mol. The molecule has 1 rings (SSSR count). The first-order valence-corrected chi connectivity index (χ1v) is 6.40. The van der Waals surface area contributed by atoms with Crippen molar-refractivity contribution in [1.29, 1.82) is 0 Å². The first-order valence-electron chi connectivity index (χ1n) is 6.40. The zero-order valence-corrected chi connectivity index (χ0v) is 12.2. The molecule has 0 aliphatic carbocycles. The van der Waals surface area contributed by atoms with Crippen molar-refractivity contribution in [3.05, 3.63) is 0 Å². The third kappa shape index (κ3) is 5.71. The average Bonchev–Trinajstić information content (AvgIpc) is 2.86. The van der Waals surface area contributed by atoms with Gasteiger partial charge in [0, 0.05) is 6.61 Å². The van der Waals surface area contributed by atoms with E-state index in [-0.39, 0.29) is 6.42 Å². The van der Waals surface area contributed by atoms with Crippen LogP contribution in [0.25, 0.3) is 0 Å². The van der Waals surface area contributed by atoms with Crippen LogP contribution in [0, 0.1) is 0 Å². The maximum atomic E-state index is 13.7. The van der Waals surface area contributed by atoms with Crippen molar-refractivity contribution < 1.29 is 76.0 Å². The molecule has 0 N–H and O–H groups in total. The molecule has 0 spiro atoms. The first-order chi connectivity index (χ1) is 11.7. The summed E-state index contributed by atoms with van der Waals surface area (Å²) in [5.74, 6) is 0. The van der Waals surface area contributed by atoms with Gasteiger partial charge in [-0.25, -0.2) is 14.2 Å². The van der Waals surface area contributed by atoms with Crippen LogP contribution in [-0.2, 0) is 18.9 Å². The molecule has 0 saturated carbocycles. The molecule has 27 heavy (non-hydrogen) atoms. The van der Waals surface area contributed by atoms with Gasteiger partial charge in [0.2, 0.25) is 0 Å². The minimum Gasteiger partial charge on any atom is -0.369 e. The summed E-state index contributed by atoms with van der Waals surface area (Å²) < 4.78 is 175. The molecule has 0 bridgehead atoms. The lowest BCUT2D eigenvalue weighted by Crippen LogP contribution is -2.60. The van der Waals surface area contributed by atoms with Crippen LogP contribution in [0.4, 0.5) is 57.1 Å². The van der Waals surface area contributed by atoms with Crippen molar-refractivity contribution in [2.75, 3.05) is 6.61 Å². The van der Waals surface area contributed by atoms with Crippen molar-refractivity contribution in [2.24, 2.45) is 0 Å². The monoisotopic (exact) mass is 438 g/mol. The fourth-order valence-electron chi connectivity index (χ4n) is 1.65. The molecule has 162 valence electrons. The molecule has 0 radical (unpaired) electrons. The first kappa shape index (κ1) is 24.0. The van der Waals surface area contributed by atoms with E-state index in [0.717, 1.165) is 0 Å². The topological polar surface area (TPSA) is 36.9 Å². The van der Waals surface area contributed by atoms with Crippen LogP contribution in [0.1, 0.15) is 12.8 Å². The summed E-state index contributed by atoms with van der Waals surface area (Å²) in [6.45, 7) is -0.469. The normalized spacial score (nSPS) is 22.8. The van der Waals surface area contributed by atoms with E-state index < -0.39 is 56.0 Å². The summed E-state index contributed by atoms with van der Waals surface area (Å²) in [5, 5.41) is 0. The van der Waals surface area contributed by atoms with Crippen LogP contribution < -0.4 is 0 Å². The quantitative estimate of drug-likeness (QED) is 0.427. The van der Waals surface area contributed by atoms with E-state index in [0.29, 0.717) is 0 Å². The highest BCUT2D eigenvalue weighted by Crippen LogP contribution is 2.49. The predicted octanol–water partition coefficient (Wildman–Crippen LogP) is 4.70. The van der Waals surface area contributed by atoms with Gasteiger partial charge in [-0.05, 0) is 12.8 Å². The number of hydrogen-bond donors (Lipinski definition) is 0. The summed E-state index contributed by atoms with van der Waals surface area (Å²) in [6.07, 6.45) is -36.4. The Morgan fingerprint density at radius 2 is 1.15 bits per heavy atom. The van der Waals surface area contributed by atoms with Gasteiger partial charge >= 0.3 is 36.9 Å². The fraction of sp³-hybridized carbons (Fsp3) is 1.00. The Hall–Kier alpha value is -1.07. The van der Waals surface area contributed by atoms with E-state index in [1.165, 1.54) is 0 Å². The van der Waals surface area contributed by atoms with Crippen LogP contribution in [0.3, 0.4) is 0 Å². The van der Waals surface area contributed by atoms with Gasteiger partial charge in [-0.15, -0.1) is 13.2 Å². The second-order valence-corrected chi connectivity index (χ2v) is 4.88. The standard InChI is InChI=1S/C10H7F13O4/c11-5(12,4-2-1-3-24-4)25-9(20,6(13,14)15)26-7(16,17)8(18,19)27-10(21,22)23/h4H,1-3H2. The van der Waals surface area contributed by atoms with Gasteiger partial charge < -0.3 is 4.74 Å². The van der Waals surface area contributed by atoms with Gasteiger partial charge in [-0.2, -0.15) is 43.9 Å². The van der Waals surface area contributed by atoms with Crippen molar-refractivity contribution >= 4 is 0 Å². The molecule has 0 aromatic heterocycles. The summed E-state index contributed by atoms with van der Waals surface area (Å²) in [6, 6.07) is -6.66. The third-order valence-electron chi connectivity index (χ3n) is 2.75. The van der Waals surface area contributed by atoms with E-state index in [4.69, 9.17) is 0 Å². The van der Waals surface area contributed by atoms with E-state index in [1.807, 2.05) is 4.74 Å². The van der Waals surface area contributed by atoms with E-state index >= 15 is 0 Å². The van der Waals surface area contributed by atoms with Crippen molar-refractivity contribution in [1.82, 2.24) is 0 Å². The lowest BCUT2D eigenvalue weighted by Gasteiger charge is -2.36. The summed E-state index contributed by atoms with van der Waals surface area (Å²) in [7, 11) is 0. The Balaban J connectivity index is 3.15. The molecule has 1 heterocycles. The number of halogens is 13. The second kappa shape index (κ2) is 7.07. The largest absolute Gasteiger partial charge is 0.527 e. The molecule has 1 aliphatic heterocycles. The molecule has 17 heteroatoms. The van der Waals surface area contributed by atoms with Crippen LogP contribution in [-0.4, -0.2) is 49.6 Å². The molecule has 1 aliphatic rings. The highest BCUT2D eigenvalue weighted by molar-refractivity contribution is 4.80. The average molecular weight is 438 g/mol. The smallest absolute Gasteiger partial charge is 0.369 e. The summed E-state index contributed by atoms with van der Waals surface area (Å²) in [4.78, 5) is 0. The zero-order chi connectivity index (χ0) is 21.5. The second-order valence-electron chi connectivity index (χ2n) is 4.88. The van der Waals surface area contributed by atoms with Gasteiger partial charge in [0.25, 0.3) is 0 Å². The van der Waals surface area contributed by atoms with Crippen LogP contribution in [0.15, 0.2) is 0 Å². The lowest BCUT2D eigenvalue weighted by molar-refractivity contribution is -0.582. The number of rotatable bonds is 7. The number of ether oxygens (including phenoxy) is 4. The van der Waals surface area contributed by atoms with Crippen LogP contribution in [0.5, 0.6) is 0 Å². The SMILES string of the molecule is FC(F)(F)OC(F)(F)C(F)(F)OC(F)(OC(F)(F)C1CCCO1)C(F)(F)F. The van der Waals surface area contributed by atoms with E-state index in [1.54, 1.807) is 4.74 Å². The molecule has 4 nitrogen and oxygen atoms in total. The van der Waals surface area contributed by atoms with Crippen LogP contribution in [0.2, 0.25) is 0 Å². The van der Waals surface area contributed by atoms with Crippen molar-refractivity contribution in [3.63, 3.8) is 0 Å². The number of hydrogen-bond acceptors (Lipinski definition) is 4. The van der Waals surface area contributed by atoms with E-state index in [9.17, 15) is 57.1 Å². The highest BCUT2D eigenvalue weighted by atomic mass is 19.4. The molecular weight excluding hydrogens is 431 g/mol. The van der Waals surface area contributed by atoms with Crippen LogP contribution >= 0.6 is 0 Å². The molecule has 0 amide bonds. The summed E-state index contributed by atoms with van der Waals surface area (Å²) in [5.41, 5.74) is 0. The minimum absolute atomic E-state index is 0.191. The molecule has 0 aromatic carbocycles. The highest BCUT2D eigenvalue weighted by Gasteiger charge is 2.75. The Labute approximate surface area is 140 Å². The van der Waals surface area contributed by atoms with Gasteiger partial charge in [-0.1, -0.05) is 0 Å². The Kier molecular flexibility index (Phi) is 6.28. The molecule has 2 atom stereocenters. The van der Waals surface area contributed by atoms with Crippen molar-refractivity contribution in [2.45, 2.75) is 55.9 Å². The maximum absolute atomic E-state index is 13.7. The van der Waals surface area contributed by atoms with Gasteiger partial charge in [0.05, 0.1) is 0 Å². The maximum Gasteiger partial charge on any atom is 0.527 e. The van der Waals surface area contributed by atoms with Crippen molar-refractivity contribution in [3.8, 4) is 0 Å². The van der Waals surface area contributed by atoms with E-state index in [2.05, 4.69) is 9.47 Å². The molecular formula is C10H7F13O4. The molecule has 2 unspecified atom stereocenters. The fourth-order valence-corrected chi connectivity index (χ4v) is 1.65. The van der Waals surface area contributed by atoms with Gasteiger partial charge in [0.15, 0.2) is 0 Å². The molecule has 0 aromatic rings. The molecule has 1 saturated heterocycles. The number of alkyl halides is 13. The Morgan fingerprint density at radius 1 is 0.667 bits per heavy atom. The minimum atomic E-state index is -7.06. The van der Waals surface area contributed by atoms with Gasteiger partial charge in [-0.3, -0.25) is 0 Å². The Morgan fingerprint density at radius 3 is 1.52 bits per heavy atom. The molecule has 1 fully saturated rings. The summed E-state index contributed by atoms with van der Waals surface area (Å²) >= 11 is 0. The Bertz CT molecular complexity index is 510. The zero-order valence-electron chi connectivity index (χ0n) is 12.2. The lowest BCUT2D eigenvalue weighted by atomic mass is 10.2. The third-order valence-corrected chi connectivity index (χ3v) is 2.75.